The molecule has 0 bridgehead atoms. The lowest BCUT2D eigenvalue weighted by Gasteiger charge is -2.07. The number of aliphatic imine (C=N–C) groups is 1. The Morgan fingerprint density at radius 1 is 1.25 bits per heavy atom. The zero-order valence-electron chi connectivity index (χ0n) is 13.0. The molecule has 0 aromatic rings. The van der Waals surface area contributed by atoms with Crippen LogP contribution in [0.4, 0.5) is 0 Å². The summed E-state index contributed by atoms with van der Waals surface area (Å²) < 4.78 is 5.03. The Hall–Kier alpha value is -0.530. The zero-order chi connectivity index (χ0) is 14.5. The summed E-state index contributed by atoms with van der Waals surface area (Å²) in [4.78, 5) is 15.4. The molecule has 0 unspecified atom stereocenters. The van der Waals surface area contributed by atoms with E-state index in [1.54, 1.807) is 0 Å². The highest BCUT2D eigenvalue weighted by Gasteiger charge is 2.04. The van der Waals surface area contributed by atoms with Gasteiger partial charge in [0, 0.05) is 19.5 Å². The summed E-state index contributed by atoms with van der Waals surface area (Å²) in [6.45, 7) is 7.30. The molecule has 0 aliphatic rings. The predicted octanol–water partition coefficient (Wildman–Crippen LogP) is 2.82. The summed E-state index contributed by atoms with van der Waals surface area (Å²) in [5.41, 5.74) is 5.71. The van der Waals surface area contributed by atoms with Crippen molar-refractivity contribution in [2.45, 2.75) is 65.4 Å². The maximum absolute atomic E-state index is 11.3. The van der Waals surface area contributed by atoms with Crippen LogP contribution in [0.5, 0.6) is 0 Å². The fourth-order valence-corrected chi connectivity index (χ4v) is 1.57. The van der Waals surface area contributed by atoms with Crippen molar-refractivity contribution in [1.29, 1.82) is 0 Å². The average molecular weight is 399 g/mol. The Morgan fingerprint density at radius 2 is 1.95 bits per heavy atom. The van der Waals surface area contributed by atoms with Gasteiger partial charge >= 0.3 is 5.97 Å². The van der Waals surface area contributed by atoms with Crippen LogP contribution in [0.1, 0.15) is 59.3 Å². The van der Waals surface area contributed by atoms with Crippen LogP contribution in [0.25, 0.3) is 0 Å². The lowest BCUT2D eigenvalue weighted by Crippen LogP contribution is -2.32. The van der Waals surface area contributed by atoms with Gasteiger partial charge in [0.05, 0.1) is 6.10 Å². The number of nitrogens with zero attached hydrogens (tertiary/aromatic N) is 1. The maximum Gasteiger partial charge on any atom is 0.306 e. The van der Waals surface area contributed by atoms with Gasteiger partial charge in [0.1, 0.15) is 0 Å². The molecule has 5 nitrogen and oxygen atoms in total. The number of carbonyl (C=O) groups excluding carboxylic acids is 1. The third kappa shape index (κ3) is 15.5. The van der Waals surface area contributed by atoms with Gasteiger partial charge in [-0.25, -0.2) is 0 Å². The van der Waals surface area contributed by atoms with Crippen molar-refractivity contribution < 1.29 is 9.53 Å². The molecule has 0 aromatic heterocycles. The van der Waals surface area contributed by atoms with E-state index in [9.17, 15) is 4.79 Å². The van der Waals surface area contributed by atoms with Crippen LogP contribution in [-0.4, -0.2) is 31.1 Å². The molecule has 0 fully saturated rings. The van der Waals surface area contributed by atoms with Gasteiger partial charge in [-0.3, -0.25) is 9.79 Å². The van der Waals surface area contributed by atoms with Crippen molar-refractivity contribution in [2.24, 2.45) is 10.7 Å². The van der Waals surface area contributed by atoms with Crippen molar-refractivity contribution in [3.05, 3.63) is 0 Å². The zero-order valence-corrected chi connectivity index (χ0v) is 15.3. The van der Waals surface area contributed by atoms with Gasteiger partial charge < -0.3 is 15.8 Å². The summed E-state index contributed by atoms with van der Waals surface area (Å²) in [6, 6.07) is 0. The highest BCUT2D eigenvalue weighted by Crippen LogP contribution is 1.98. The molecule has 6 heteroatoms. The fourth-order valence-electron chi connectivity index (χ4n) is 1.57. The molecule has 0 saturated heterocycles. The second kappa shape index (κ2) is 14.9. The SMILES string of the molecule is CCCCCCNC(N)=NCCCC(=O)OC(C)C.I. The molecule has 0 saturated carbocycles. The molecular formula is C14H30IN3O2. The Kier molecular flexibility index (Phi) is 16.2. The first-order valence-electron chi connectivity index (χ1n) is 7.29. The molecule has 0 aliphatic carbocycles. The first-order chi connectivity index (χ1) is 9.06. The van der Waals surface area contributed by atoms with Gasteiger partial charge in [0.15, 0.2) is 5.96 Å². The Balaban J connectivity index is 0. The van der Waals surface area contributed by atoms with Crippen molar-refractivity contribution in [2.75, 3.05) is 13.1 Å². The third-order valence-electron chi connectivity index (χ3n) is 2.52. The quantitative estimate of drug-likeness (QED) is 0.195. The van der Waals surface area contributed by atoms with E-state index in [1.165, 1.54) is 19.3 Å². The smallest absolute Gasteiger partial charge is 0.306 e. The number of hydrogen-bond donors (Lipinski definition) is 2. The number of rotatable bonds is 10. The molecule has 0 rings (SSSR count). The molecule has 0 atom stereocenters. The van der Waals surface area contributed by atoms with E-state index in [0.29, 0.717) is 25.3 Å². The van der Waals surface area contributed by atoms with Crippen molar-refractivity contribution in [3.63, 3.8) is 0 Å². The van der Waals surface area contributed by atoms with E-state index in [-0.39, 0.29) is 36.0 Å². The summed E-state index contributed by atoms with van der Waals surface area (Å²) >= 11 is 0. The monoisotopic (exact) mass is 399 g/mol. The van der Waals surface area contributed by atoms with Crippen LogP contribution in [0, 0.1) is 0 Å². The van der Waals surface area contributed by atoms with Crippen molar-refractivity contribution in [3.8, 4) is 0 Å². The van der Waals surface area contributed by atoms with Crippen LogP contribution in [0.2, 0.25) is 0 Å². The Labute approximate surface area is 140 Å². The normalized spacial score (nSPS) is 11.1. The van der Waals surface area contributed by atoms with Crippen molar-refractivity contribution >= 4 is 35.9 Å². The number of esters is 1. The van der Waals surface area contributed by atoms with Gasteiger partial charge in [-0.1, -0.05) is 26.2 Å². The highest BCUT2D eigenvalue weighted by molar-refractivity contribution is 14.0. The van der Waals surface area contributed by atoms with E-state index in [2.05, 4.69) is 17.2 Å². The van der Waals surface area contributed by atoms with E-state index in [0.717, 1.165) is 13.0 Å². The largest absolute Gasteiger partial charge is 0.463 e. The minimum absolute atomic E-state index is 0. The number of hydrogen-bond acceptors (Lipinski definition) is 3. The van der Waals surface area contributed by atoms with Gasteiger partial charge in [-0.15, -0.1) is 24.0 Å². The molecule has 0 spiro atoms. The fraction of sp³-hybridized carbons (Fsp3) is 0.857. The van der Waals surface area contributed by atoms with Crippen molar-refractivity contribution in [1.82, 2.24) is 5.32 Å². The summed E-state index contributed by atoms with van der Waals surface area (Å²) in [5, 5.41) is 3.07. The van der Waals surface area contributed by atoms with Crippen LogP contribution in [-0.2, 0) is 9.53 Å². The minimum Gasteiger partial charge on any atom is -0.463 e. The highest BCUT2D eigenvalue weighted by atomic mass is 127. The summed E-state index contributed by atoms with van der Waals surface area (Å²) in [5.74, 6) is 0.296. The number of guanidine groups is 1. The summed E-state index contributed by atoms with van der Waals surface area (Å²) in [6.07, 6.45) is 5.84. The first kappa shape index (κ1) is 21.8. The standard InChI is InChI=1S/C14H29N3O2.HI/c1-4-5-6-7-10-16-14(15)17-11-8-9-13(18)19-12(2)3;/h12H,4-11H2,1-3H3,(H3,15,16,17);1H. The topological polar surface area (TPSA) is 76.7 Å². The van der Waals surface area contributed by atoms with Gasteiger partial charge in [-0.05, 0) is 26.7 Å². The van der Waals surface area contributed by atoms with E-state index < -0.39 is 0 Å². The van der Waals surface area contributed by atoms with Gasteiger partial charge in [-0.2, -0.15) is 0 Å². The van der Waals surface area contributed by atoms with Crippen LogP contribution in [0.3, 0.4) is 0 Å². The Morgan fingerprint density at radius 3 is 2.55 bits per heavy atom. The van der Waals surface area contributed by atoms with Gasteiger partial charge in [0.25, 0.3) is 0 Å². The molecule has 0 aliphatic heterocycles. The van der Waals surface area contributed by atoms with E-state index in [4.69, 9.17) is 10.5 Å². The van der Waals surface area contributed by atoms with E-state index >= 15 is 0 Å². The van der Waals surface area contributed by atoms with Gasteiger partial charge in [0.2, 0.25) is 0 Å². The average Bonchev–Trinajstić information content (AvgIpc) is 2.33. The van der Waals surface area contributed by atoms with E-state index in [1.807, 2.05) is 13.8 Å². The molecule has 0 radical (unpaired) electrons. The van der Waals surface area contributed by atoms with Crippen LogP contribution < -0.4 is 11.1 Å². The lowest BCUT2D eigenvalue weighted by atomic mass is 10.2. The predicted molar refractivity (Wildman–Crippen MR) is 94.5 cm³/mol. The number of ether oxygens (including phenoxy) is 1. The first-order valence-corrected chi connectivity index (χ1v) is 7.29. The van der Waals surface area contributed by atoms with Crippen LogP contribution >= 0.6 is 24.0 Å². The Bertz CT molecular complexity index is 271. The number of nitrogens with one attached hydrogen (secondary N) is 1. The minimum atomic E-state index is -0.170. The molecule has 0 aromatic carbocycles. The molecule has 0 heterocycles. The van der Waals surface area contributed by atoms with Crippen LogP contribution in [0.15, 0.2) is 4.99 Å². The second-order valence-electron chi connectivity index (χ2n) is 4.90. The number of halogens is 1. The number of unbranched alkanes of at least 4 members (excludes halogenated alkanes) is 3. The molecular weight excluding hydrogens is 369 g/mol. The molecule has 20 heavy (non-hydrogen) atoms. The third-order valence-corrected chi connectivity index (χ3v) is 2.52. The number of nitrogens with two attached hydrogens (primary N) is 1. The molecule has 3 N–H and O–H groups in total. The second-order valence-corrected chi connectivity index (χ2v) is 4.90. The number of carbonyl (C=O) groups is 1. The molecule has 120 valence electrons. The summed E-state index contributed by atoms with van der Waals surface area (Å²) in [7, 11) is 0. The maximum atomic E-state index is 11.3. The lowest BCUT2D eigenvalue weighted by molar-refractivity contribution is -0.147. The molecule has 0 amide bonds.